The number of hydrogen-bond donors (Lipinski definition) is 0. The van der Waals surface area contributed by atoms with Gasteiger partial charge in [-0.2, -0.15) is 0 Å². The lowest BCUT2D eigenvalue weighted by Crippen LogP contribution is -2.24. The van der Waals surface area contributed by atoms with E-state index in [1.54, 1.807) is 0 Å². The van der Waals surface area contributed by atoms with E-state index >= 15 is 0 Å². The van der Waals surface area contributed by atoms with Crippen molar-refractivity contribution in [1.82, 2.24) is 0 Å². The van der Waals surface area contributed by atoms with E-state index in [0.717, 1.165) is 6.42 Å². The minimum Gasteiger partial charge on any atom is -0.145 e. The first-order valence-corrected chi connectivity index (χ1v) is 8.46. The van der Waals surface area contributed by atoms with Gasteiger partial charge in [-0.3, -0.25) is 0 Å². The van der Waals surface area contributed by atoms with E-state index in [9.17, 15) is 0 Å². The molecule has 0 fully saturated rings. The highest BCUT2D eigenvalue weighted by molar-refractivity contribution is 7.35. The maximum absolute atomic E-state index is 6.26. The van der Waals surface area contributed by atoms with Crippen LogP contribution in [0.5, 0.6) is 0 Å². The third kappa shape index (κ3) is 1.41. The molecule has 14 heavy (non-hydrogen) atoms. The molecule has 1 aliphatic rings. The van der Waals surface area contributed by atoms with E-state index in [-0.39, 0.29) is 5.04 Å². The molecular formula is C11H17Cl2Si. The van der Waals surface area contributed by atoms with Gasteiger partial charge in [-0.15, -0.1) is 22.2 Å². The maximum Gasteiger partial charge on any atom is 0.288 e. The Morgan fingerprint density at radius 2 is 1.36 bits per heavy atom. The molecule has 1 radical (unpaired) electrons. The SMILES string of the molecule is CCC1([Si](Cl)Cl)C(C)=C(C)C(C)=C1C. The van der Waals surface area contributed by atoms with E-state index in [0.29, 0.717) is 0 Å². The van der Waals surface area contributed by atoms with Crippen molar-refractivity contribution in [3.8, 4) is 0 Å². The molecule has 0 aliphatic heterocycles. The maximum atomic E-state index is 6.26. The molecule has 0 aromatic rings. The first-order valence-electron chi connectivity index (χ1n) is 4.94. The van der Waals surface area contributed by atoms with Crippen LogP contribution in [0.4, 0.5) is 0 Å². The summed E-state index contributed by atoms with van der Waals surface area (Å²) in [6.45, 7) is 10.9. The Hall–Kier alpha value is 0.277. The highest BCUT2D eigenvalue weighted by Gasteiger charge is 2.45. The van der Waals surface area contributed by atoms with Crippen LogP contribution in [0.25, 0.3) is 0 Å². The number of halogens is 2. The first kappa shape index (κ1) is 12.3. The van der Waals surface area contributed by atoms with Gasteiger partial charge in [0.05, 0.1) is 0 Å². The Morgan fingerprint density at radius 1 is 1.00 bits per heavy atom. The van der Waals surface area contributed by atoms with E-state index in [1.807, 2.05) is 0 Å². The molecule has 0 heterocycles. The van der Waals surface area contributed by atoms with Crippen molar-refractivity contribution in [1.29, 1.82) is 0 Å². The lowest BCUT2D eigenvalue weighted by molar-refractivity contribution is 0.712. The summed E-state index contributed by atoms with van der Waals surface area (Å²) in [5, 5.41) is -0.0120. The van der Waals surface area contributed by atoms with Crippen LogP contribution in [-0.2, 0) is 0 Å². The average molecular weight is 248 g/mol. The van der Waals surface area contributed by atoms with Crippen molar-refractivity contribution in [2.24, 2.45) is 0 Å². The van der Waals surface area contributed by atoms with Gasteiger partial charge >= 0.3 is 0 Å². The van der Waals surface area contributed by atoms with Gasteiger partial charge in [0.15, 0.2) is 0 Å². The number of rotatable bonds is 2. The lowest BCUT2D eigenvalue weighted by atomic mass is 9.92. The molecular weight excluding hydrogens is 231 g/mol. The van der Waals surface area contributed by atoms with Crippen LogP contribution >= 0.6 is 22.2 Å². The third-order valence-corrected chi connectivity index (χ3v) is 7.51. The number of hydrogen-bond acceptors (Lipinski definition) is 0. The molecule has 0 nitrogen and oxygen atoms in total. The predicted molar refractivity (Wildman–Crippen MR) is 67.2 cm³/mol. The lowest BCUT2D eigenvalue weighted by Gasteiger charge is -2.32. The van der Waals surface area contributed by atoms with Crippen LogP contribution in [0.3, 0.4) is 0 Å². The number of allylic oxidation sites excluding steroid dienone is 4. The summed E-state index contributed by atoms with van der Waals surface area (Å²) in [5.41, 5.74) is 5.53. The van der Waals surface area contributed by atoms with E-state index in [1.165, 1.54) is 22.3 Å². The summed E-state index contributed by atoms with van der Waals surface area (Å²) in [6.07, 6.45) is 1.01. The summed E-state index contributed by atoms with van der Waals surface area (Å²) in [7, 11) is -1.36. The Kier molecular flexibility index (Phi) is 3.56. The van der Waals surface area contributed by atoms with Crippen molar-refractivity contribution in [2.45, 2.75) is 46.1 Å². The van der Waals surface area contributed by atoms with Crippen LogP contribution in [0.1, 0.15) is 41.0 Å². The molecule has 79 valence electrons. The second-order valence-corrected chi connectivity index (χ2v) is 8.24. The van der Waals surface area contributed by atoms with Gasteiger partial charge in [-0.05, 0) is 45.3 Å². The molecule has 0 N–H and O–H groups in total. The van der Waals surface area contributed by atoms with E-state index < -0.39 is 7.42 Å². The van der Waals surface area contributed by atoms with Crippen LogP contribution in [0, 0.1) is 0 Å². The van der Waals surface area contributed by atoms with Gasteiger partial charge in [0.25, 0.3) is 7.42 Å². The van der Waals surface area contributed by atoms with Crippen molar-refractivity contribution in [2.75, 3.05) is 0 Å². The zero-order valence-electron chi connectivity index (χ0n) is 9.46. The Balaban J connectivity index is 3.37. The molecule has 0 amide bonds. The summed E-state index contributed by atoms with van der Waals surface area (Å²) >= 11 is 12.5. The van der Waals surface area contributed by atoms with Gasteiger partial charge in [0, 0.05) is 5.04 Å². The zero-order valence-corrected chi connectivity index (χ0v) is 12.0. The topological polar surface area (TPSA) is 0 Å². The van der Waals surface area contributed by atoms with E-state index in [2.05, 4.69) is 34.6 Å². The molecule has 1 aliphatic carbocycles. The molecule has 0 atom stereocenters. The molecule has 0 unspecified atom stereocenters. The highest BCUT2D eigenvalue weighted by Crippen LogP contribution is 2.58. The molecule has 0 saturated carbocycles. The highest BCUT2D eigenvalue weighted by atomic mass is 35.7. The normalized spacial score (nSPS) is 21.4. The smallest absolute Gasteiger partial charge is 0.145 e. The summed E-state index contributed by atoms with van der Waals surface area (Å²) in [6, 6.07) is 0. The minimum absolute atomic E-state index is 0.0120. The van der Waals surface area contributed by atoms with Gasteiger partial charge < -0.3 is 0 Å². The summed E-state index contributed by atoms with van der Waals surface area (Å²) in [4.78, 5) is 0. The summed E-state index contributed by atoms with van der Waals surface area (Å²) < 4.78 is 0. The van der Waals surface area contributed by atoms with Crippen molar-refractivity contribution in [3.05, 3.63) is 22.3 Å². The zero-order chi connectivity index (χ0) is 11.1. The summed E-state index contributed by atoms with van der Waals surface area (Å²) in [5.74, 6) is 0. The second kappa shape index (κ2) is 4.03. The molecule has 0 saturated heterocycles. The molecule has 0 aromatic carbocycles. The monoisotopic (exact) mass is 247 g/mol. The fourth-order valence-electron chi connectivity index (χ4n) is 2.43. The van der Waals surface area contributed by atoms with Gasteiger partial charge in [0.1, 0.15) is 0 Å². The minimum atomic E-state index is -1.36. The van der Waals surface area contributed by atoms with Crippen LogP contribution < -0.4 is 0 Å². The average Bonchev–Trinajstić information content (AvgIpc) is 2.30. The van der Waals surface area contributed by atoms with E-state index in [4.69, 9.17) is 22.2 Å². The Bertz CT molecular complexity index is 289. The molecule has 1 rings (SSSR count). The predicted octanol–water partition coefficient (Wildman–Crippen LogP) is 4.79. The fourth-order valence-corrected chi connectivity index (χ4v) is 6.14. The molecule has 3 heteroatoms. The standard InChI is InChI=1S/C11H17Cl2Si/c1-6-11(14(12)13)9(4)7(2)8(3)10(11)5/h6H2,1-5H3. The van der Waals surface area contributed by atoms with Crippen LogP contribution in [0.2, 0.25) is 5.04 Å². The van der Waals surface area contributed by atoms with Crippen LogP contribution in [-0.4, -0.2) is 7.42 Å². The molecule has 0 spiro atoms. The Morgan fingerprint density at radius 3 is 1.50 bits per heavy atom. The first-order chi connectivity index (χ1) is 6.39. The van der Waals surface area contributed by atoms with Crippen molar-refractivity contribution in [3.63, 3.8) is 0 Å². The van der Waals surface area contributed by atoms with Crippen LogP contribution in [0.15, 0.2) is 22.3 Å². The quantitative estimate of drug-likeness (QED) is 0.487. The molecule has 0 bridgehead atoms. The van der Waals surface area contributed by atoms with Gasteiger partial charge in [0.2, 0.25) is 0 Å². The second-order valence-electron chi connectivity index (χ2n) is 4.02. The third-order valence-electron chi connectivity index (χ3n) is 3.82. The Labute approximate surface area is 98.0 Å². The van der Waals surface area contributed by atoms with Gasteiger partial charge in [-0.25, -0.2) is 0 Å². The fraction of sp³-hybridized carbons (Fsp3) is 0.636. The van der Waals surface area contributed by atoms with Crippen molar-refractivity contribution < 1.29 is 0 Å². The largest absolute Gasteiger partial charge is 0.288 e. The van der Waals surface area contributed by atoms with Crippen molar-refractivity contribution >= 4 is 29.6 Å². The molecule has 0 aromatic heterocycles. The van der Waals surface area contributed by atoms with Gasteiger partial charge in [-0.1, -0.05) is 18.1 Å².